The lowest BCUT2D eigenvalue weighted by molar-refractivity contribution is 0.0909. The van der Waals surface area contributed by atoms with Crippen molar-refractivity contribution in [2.45, 2.75) is 46.6 Å². The quantitative estimate of drug-likeness (QED) is 0.572. The van der Waals surface area contributed by atoms with Crippen molar-refractivity contribution in [2.75, 3.05) is 7.11 Å². The predicted octanol–water partition coefficient (Wildman–Crippen LogP) is 3.65. The number of methoxy groups -OCH3 is 1. The molecule has 13 heavy (non-hydrogen) atoms. The molecule has 0 rings (SSSR count). The molecule has 1 heteroatoms. The van der Waals surface area contributed by atoms with E-state index in [9.17, 15) is 0 Å². The average Bonchev–Trinajstić information content (AvgIpc) is 2.01. The molecule has 0 aliphatic heterocycles. The molecular weight excluding hydrogens is 160 g/mol. The first-order valence-corrected chi connectivity index (χ1v) is 5.19. The Labute approximate surface area is 83.2 Å². The van der Waals surface area contributed by atoms with Crippen LogP contribution in [0.5, 0.6) is 0 Å². The first-order valence-electron chi connectivity index (χ1n) is 5.19. The number of rotatable bonds is 6. The highest BCUT2D eigenvalue weighted by Gasteiger charge is 2.15. The lowest BCUT2D eigenvalue weighted by atomic mass is 9.94. The molecule has 0 N–H and O–H groups in total. The topological polar surface area (TPSA) is 9.23 Å². The minimum Gasteiger partial charge on any atom is -0.377 e. The highest BCUT2D eigenvalue weighted by molar-refractivity contribution is 5.03. The lowest BCUT2D eigenvalue weighted by Crippen LogP contribution is -2.20. The Balaban J connectivity index is 3.92. The standard InChI is InChI=1S/C12H24O/c1-9(2)7-8-11(5)12(13-6)10(3)4/h9-10,12H,5,7-8H2,1-4,6H3. The van der Waals surface area contributed by atoms with E-state index in [1.165, 1.54) is 12.0 Å². The fraction of sp³-hybridized carbons (Fsp3) is 0.833. The van der Waals surface area contributed by atoms with E-state index in [0.717, 1.165) is 12.3 Å². The third kappa shape index (κ3) is 5.09. The van der Waals surface area contributed by atoms with Crippen LogP contribution in [0.2, 0.25) is 0 Å². The van der Waals surface area contributed by atoms with Gasteiger partial charge in [0.2, 0.25) is 0 Å². The van der Waals surface area contributed by atoms with Gasteiger partial charge in [0.25, 0.3) is 0 Å². The molecular formula is C12H24O. The van der Waals surface area contributed by atoms with Crippen molar-refractivity contribution in [3.8, 4) is 0 Å². The van der Waals surface area contributed by atoms with E-state index in [1.807, 2.05) is 0 Å². The maximum absolute atomic E-state index is 5.41. The van der Waals surface area contributed by atoms with E-state index >= 15 is 0 Å². The Kier molecular flexibility index (Phi) is 6.06. The van der Waals surface area contributed by atoms with E-state index in [2.05, 4.69) is 34.3 Å². The molecule has 1 unspecified atom stereocenters. The highest BCUT2D eigenvalue weighted by Crippen LogP contribution is 2.20. The number of hydrogen-bond acceptors (Lipinski definition) is 1. The maximum Gasteiger partial charge on any atom is 0.0801 e. The van der Waals surface area contributed by atoms with E-state index in [4.69, 9.17) is 4.74 Å². The normalized spacial score (nSPS) is 13.8. The Morgan fingerprint density at radius 2 is 1.77 bits per heavy atom. The Bertz CT molecular complexity index is 147. The van der Waals surface area contributed by atoms with E-state index in [0.29, 0.717) is 5.92 Å². The van der Waals surface area contributed by atoms with Crippen molar-refractivity contribution in [2.24, 2.45) is 11.8 Å². The molecule has 1 nitrogen and oxygen atoms in total. The molecule has 0 aliphatic rings. The van der Waals surface area contributed by atoms with Gasteiger partial charge in [0.1, 0.15) is 0 Å². The van der Waals surface area contributed by atoms with Gasteiger partial charge in [0.05, 0.1) is 6.10 Å². The molecule has 0 bridgehead atoms. The molecule has 0 aliphatic carbocycles. The summed E-state index contributed by atoms with van der Waals surface area (Å²) in [4.78, 5) is 0. The molecule has 0 saturated carbocycles. The molecule has 0 aromatic heterocycles. The van der Waals surface area contributed by atoms with Gasteiger partial charge in [-0.25, -0.2) is 0 Å². The van der Waals surface area contributed by atoms with Crippen molar-refractivity contribution < 1.29 is 4.74 Å². The van der Waals surface area contributed by atoms with Crippen LogP contribution in [0.3, 0.4) is 0 Å². The summed E-state index contributed by atoms with van der Waals surface area (Å²) >= 11 is 0. The van der Waals surface area contributed by atoms with Crippen molar-refractivity contribution in [3.63, 3.8) is 0 Å². The van der Waals surface area contributed by atoms with E-state index in [-0.39, 0.29) is 6.10 Å². The van der Waals surface area contributed by atoms with Gasteiger partial charge in [-0.1, -0.05) is 34.3 Å². The van der Waals surface area contributed by atoms with Gasteiger partial charge in [-0.3, -0.25) is 0 Å². The van der Waals surface area contributed by atoms with Crippen LogP contribution in [0.25, 0.3) is 0 Å². The summed E-state index contributed by atoms with van der Waals surface area (Å²) in [5.74, 6) is 1.28. The van der Waals surface area contributed by atoms with Crippen molar-refractivity contribution in [3.05, 3.63) is 12.2 Å². The molecule has 0 aromatic rings. The van der Waals surface area contributed by atoms with Gasteiger partial charge < -0.3 is 4.74 Å². The van der Waals surface area contributed by atoms with Gasteiger partial charge in [0.15, 0.2) is 0 Å². The summed E-state index contributed by atoms with van der Waals surface area (Å²) < 4.78 is 5.41. The van der Waals surface area contributed by atoms with Crippen molar-refractivity contribution >= 4 is 0 Å². The van der Waals surface area contributed by atoms with Crippen LogP contribution in [0.15, 0.2) is 12.2 Å². The minimum absolute atomic E-state index is 0.235. The second kappa shape index (κ2) is 6.20. The molecule has 78 valence electrons. The Morgan fingerprint density at radius 1 is 1.23 bits per heavy atom. The number of hydrogen-bond donors (Lipinski definition) is 0. The van der Waals surface area contributed by atoms with E-state index < -0.39 is 0 Å². The maximum atomic E-state index is 5.41. The van der Waals surface area contributed by atoms with Crippen LogP contribution >= 0.6 is 0 Å². The molecule has 0 spiro atoms. The predicted molar refractivity (Wildman–Crippen MR) is 58.8 cm³/mol. The Morgan fingerprint density at radius 3 is 2.08 bits per heavy atom. The van der Waals surface area contributed by atoms with Crippen molar-refractivity contribution in [1.29, 1.82) is 0 Å². The van der Waals surface area contributed by atoms with Crippen LogP contribution in [0.1, 0.15) is 40.5 Å². The molecule has 1 atom stereocenters. The van der Waals surface area contributed by atoms with Crippen LogP contribution in [0, 0.1) is 11.8 Å². The summed E-state index contributed by atoms with van der Waals surface area (Å²) in [5.41, 5.74) is 1.24. The summed E-state index contributed by atoms with van der Waals surface area (Å²) in [7, 11) is 1.77. The van der Waals surface area contributed by atoms with Gasteiger partial charge in [-0.15, -0.1) is 0 Å². The Hall–Kier alpha value is -0.300. The third-order valence-corrected chi connectivity index (χ3v) is 2.30. The van der Waals surface area contributed by atoms with Crippen molar-refractivity contribution in [1.82, 2.24) is 0 Å². The fourth-order valence-corrected chi connectivity index (χ4v) is 1.53. The molecule has 0 amide bonds. The summed E-state index contributed by atoms with van der Waals surface area (Å²) in [6.45, 7) is 12.9. The second-order valence-electron chi connectivity index (χ2n) is 4.49. The zero-order valence-electron chi connectivity index (χ0n) is 9.76. The monoisotopic (exact) mass is 184 g/mol. The molecule has 0 heterocycles. The zero-order chi connectivity index (χ0) is 10.4. The van der Waals surface area contributed by atoms with Gasteiger partial charge in [-0.2, -0.15) is 0 Å². The summed E-state index contributed by atoms with van der Waals surface area (Å²) in [6, 6.07) is 0. The van der Waals surface area contributed by atoms with Crippen LogP contribution in [-0.4, -0.2) is 13.2 Å². The summed E-state index contributed by atoms with van der Waals surface area (Å²) in [5, 5.41) is 0. The largest absolute Gasteiger partial charge is 0.377 e. The summed E-state index contributed by atoms with van der Waals surface area (Å²) in [6.07, 6.45) is 2.54. The number of ether oxygens (including phenoxy) is 1. The van der Waals surface area contributed by atoms with E-state index in [1.54, 1.807) is 7.11 Å². The lowest BCUT2D eigenvalue weighted by Gasteiger charge is -2.22. The first kappa shape index (κ1) is 12.7. The molecule has 0 aromatic carbocycles. The van der Waals surface area contributed by atoms with Gasteiger partial charge in [0, 0.05) is 7.11 Å². The average molecular weight is 184 g/mol. The van der Waals surface area contributed by atoms with Gasteiger partial charge in [-0.05, 0) is 30.3 Å². The second-order valence-corrected chi connectivity index (χ2v) is 4.49. The smallest absolute Gasteiger partial charge is 0.0801 e. The SMILES string of the molecule is C=C(CCC(C)C)C(OC)C(C)C. The van der Waals surface area contributed by atoms with Crippen LogP contribution in [0.4, 0.5) is 0 Å². The fourth-order valence-electron chi connectivity index (χ4n) is 1.53. The first-order chi connectivity index (χ1) is 5.99. The van der Waals surface area contributed by atoms with Gasteiger partial charge >= 0.3 is 0 Å². The molecule has 0 fully saturated rings. The van der Waals surface area contributed by atoms with Crippen LogP contribution in [-0.2, 0) is 4.74 Å². The zero-order valence-corrected chi connectivity index (χ0v) is 9.76. The molecule has 0 saturated heterocycles. The highest BCUT2D eigenvalue weighted by atomic mass is 16.5. The van der Waals surface area contributed by atoms with Crippen LogP contribution < -0.4 is 0 Å². The third-order valence-electron chi connectivity index (χ3n) is 2.30. The molecule has 0 radical (unpaired) electrons. The minimum atomic E-state index is 0.235.